The summed E-state index contributed by atoms with van der Waals surface area (Å²) in [6.45, 7) is 1.88. The van der Waals surface area contributed by atoms with E-state index in [1.54, 1.807) is 36.7 Å². The van der Waals surface area contributed by atoms with Crippen LogP contribution in [0.1, 0.15) is 18.5 Å². The first-order valence-electron chi connectivity index (χ1n) is 5.97. The van der Waals surface area contributed by atoms with Gasteiger partial charge in [-0.25, -0.2) is 0 Å². The van der Waals surface area contributed by atoms with Crippen molar-refractivity contribution in [2.75, 3.05) is 5.32 Å². The minimum absolute atomic E-state index is 0.114. The zero-order valence-corrected chi connectivity index (χ0v) is 11.5. The molecular formula is C14H13F3N2S. The van der Waals surface area contributed by atoms with E-state index in [0.717, 1.165) is 5.56 Å². The van der Waals surface area contributed by atoms with Crippen LogP contribution in [-0.2, 0) is 0 Å². The molecule has 20 heavy (non-hydrogen) atoms. The summed E-state index contributed by atoms with van der Waals surface area (Å²) >= 11 is -0.114. The van der Waals surface area contributed by atoms with E-state index in [0.29, 0.717) is 5.69 Å². The summed E-state index contributed by atoms with van der Waals surface area (Å²) in [6, 6.07) is 9.94. The molecule has 0 amide bonds. The van der Waals surface area contributed by atoms with Gasteiger partial charge in [0.25, 0.3) is 0 Å². The predicted molar refractivity (Wildman–Crippen MR) is 74.6 cm³/mol. The van der Waals surface area contributed by atoms with Crippen LogP contribution >= 0.6 is 11.8 Å². The highest BCUT2D eigenvalue weighted by atomic mass is 32.2. The number of hydrogen-bond acceptors (Lipinski definition) is 3. The third-order valence-corrected chi connectivity index (χ3v) is 3.48. The molecule has 106 valence electrons. The zero-order valence-electron chi connectivity index (χ0n) is 10.7. The molecule has 0 aliphatic heterocycles. The SMILES string of the molecule is CC(Nc1ccccc1SC(F)(F)F)c1cccnc1. The molecule has 6 heteroatoms. The number of nitrogens with zero attached hydrogens (tertiary/aromatic N) is 1. The molecule has 0 aliphatic rings. The number of anilines is 1. The Hall–Kier alpha value is -1.69. The summed E-state index contributed by atoms with van der Waals surface area (Å²) in [6.07, 6.45) is 3.35. The van der Waals surface area contributed by atoms with Crippen molar-refractivity contribution in [3.05, 3.63) is 54.4 Å². The summed E-state index contributed by atoms with van der Waals surface area (Å²) in [5.74, 6) is 0. The first kappa shape index (κ1) is 14.7. The fraction of sp³-hybridized carbons (Fsp3) is 0.214. The van der Waals surface area contributed by atoms with Crippen LogP contribution in [0.2, 0.25) is 0 Å². The van der Waals surface area contributed by atoms with Crippen molar-refractivity contribution in [2.45, 2.75) is 23.4 Å². The van der Waals surface area contributed by atoms with Crippen molar-refractivity contribution in [3.8, 4) is 0 Å². The van der Waals surface area contributed by atoms with Gasteiger partial charge in [-0.15, -0.1) is 0 Å². The van der Waals surface area contributed by atoms with Crippen LogP contribution in [0, 0.1) is 0 Å². The molecule has 1 aromatic heterocycles. The smallest absolute Gasteiger partial charge is 0.378 e. The molecule has 2 aromatic rings. The van der Waals surface area contributed by atoms with Gasteiger partial charge in [0.1, 0.15) is 0 Å². The summed E-state index contributed by atoms with van der Waals surface area (Å²) in [5, 5.41) is 3.09. The van der Waals surface area contributed by atoms with Crippen molar-refractivity contribution >= 4 is 17.4 Å². The molecule has 1 aromatic carbocycles. The number of benzene rings is 1. The molecule has 0 radical (unpaired) electrons. The second kappa shape index (κ2) is 6.17. The number of halogens is 3. The van der Waals surface area contributed by atoms with Crippen LogP contribution in [-0.4, -0.2) is 10.5 Å². The largest absolute Gasteiger partial charge is 0.446 e. The molecule has 1 heterocycles. The second-order valence-electron chi connectivity index (χ2n) is 4.20. The van der Waals surface area contributed by atoms with Gasteiger partial charge in [-0.3, -0.25) is 4.98 Å². The zero-order chi connectivity index (χ0) is 14.6. The van der Waals surface area contributed by atoms with Crippen LogP contribution in [0.25, 0.3) is 0 Å². The normalized spacial score (nSPS) is 13.0. The molecule has 0 bridgehead atoms. The fourth-order valence-electron chi connectivity index (χ4n) is 1.75. The molecule has 0 spiro atoms. The molecule has 0 saturated carbocycles. The average molecular weight is 298 g/mol. The number of nitrogens with one attached hydrogen (secondary N) is 1. The molecule has 1 unspecified atom stereocenters. The maximum absolute atomic E-state index is 12.5. The van der Waals surface area contributed by atoms with E-state index in [4.69, 9.17) is 0 Å². The van der Waals surface area contributed by atoms with Crippen LogP contribution < -0.4 is 5.32 Å². The molecule has 0 aliphatic carbocycles. The van der Waals surface area contributed by atoms with E-state index < -0.39 is 5.51 Å². The van der Waals surface area contributed by atoms with Crippen LogP contribution in [0.3, 0.4) is 0 Å². The highest BCUT2D eigenvalue weighted by Gasteiger charge is 2.30. The Morgan fingerprint density at radius 3 is 2.55 bits per heavy atom. The lowest BCUT2D eigenvalue weighted by molar-refractivity contribution is -0.0327. The topological polar surface area (TPSA) is 24.9 Å². The molecule has 0 fully saturated rings. The third kappa shape index (κ3) is 4.16. The Morgan fingerprint density at radius 1 is 1.15 bits per heavy atom. The van der Waals surface area contributed by atoms with Crippen molar-refractivity contribution < 1.29 is 13.2 Å². The Kier molecular flexibility index (Phi) is 4.54. The molecule has 1 atom stereocenters. The number of para-hydroxylation sites is 1. The maximum Gasteiger partial charge on any atom is 0.446 e. The van der Waals surface area contributed by atoms with E-state index in [9.17, 15) is 13.2 Å². The second-order valence-corrected chi connectivity index (χ2v) is 5.30. The van der Waals surface area contributed by atoms with Gasteiger partial charge in [0.15, 0.2) is 0 Å². The summed E-state index contributed by atoms with van der Waals surface area (Å²) < 4.78 is 37.5. The monoisotopic (exact) mass is 298 g/mol. The summed E-state index contributed by atoms with van der Waals surface area (Å²) in [4.78, 5) is 4.17. The lowest BCUT2D eigenvalue weighted by Gasteiger charge is -2.18. The first-order valence-corrected chi connectivity index (χ1v) is 6.78. The van der Waals surface area contributed by atoms with Gasteiger partial charge in [0.05, 0.1) is 6.04 Å². The summed E-state index contributed by atoms with van der Waals surface area (Å²) in [5.41, 5.74) is -2.92. The number of aromatic nitrogens is 1. The average Bonchev–Trinajstić information content (AvgIpc) is 2.40. The first-order chi connectivity index (χ1) is 9.46. The highest BCUT2D eigenvalue weighted by Crippen LogP contribution is 2.41. The minimum Gasteiger partial charge on any atom is -0.378 e. The predicted octanol–water partition coefficient (Wildman–Crippen LogP) is 4.87. The molecule has 2 rings (SSSR count). The lowest BCUT2D eigenvalue weighted by Crippen LogP contribution is -2.08. The van der Waals surface area contributed by atoms with Crippen LogP contribution in [0.4, 0.5) is 18.9 Å². The Labute approximate surface area is 119 Å². The van der Waals surface area contributed by atoms with E-state index in [1.807, 2.05) is 13.0 Å². The number of hydrogen-bond donors (Lipinski definition) is 1. The maximum atomic E-state index is 12.5. The number of thioether (sulfide) groups is 1. The minimum atomic E-state index is -4.30. The fourth-order valence-corrected chi connectivity index (χ4v) is 2.38. The lowest BCUT2D eigenvalue weighted by atomic mass is 10.1. The van der Waals surface area contributed by atoms with Crippen LogP contribution in [0.15, 0.2) is 53.7 Å². The van der Waals surface area contributed by atoms with Gasteiger partial charge in [0, 0.05) is 23.0 Å². The van der Waals surface area contributed by atoms with E-state index in [-0.39, 0.29) is 22.7 Å². The van der Waals surface area contributed by atoms with Crippen molar-refractivity contribution in [1.29, 1.82) is 0 Å². The van der Waals surface area contributed by atoms with E-state index in [2.05, 4.69) is 10.3 Å². The van der Waals surface area contributed by atoms with Gasteiger partial charge in [-0.05, 0) is 42.4 Å². The Morgan fingerprint density at radius 2 is 1.90 bits per heavy atom. The van der Waals surface area contributed by atoms with Crippen molar-refractivity contribution in [3.63, 3.8) is 0 Å². The van der Waals surface area contributed by atoms with Gasteiger partial charge >= 0.3 is 5.51 Å². The van der Waals surface area contributed by atoms with Gasteiger partial charge < -0.3 is 5.32 Å². The van der Waals surface area contributed by atoms with Gasteiger partial charge in [-0.2, -0.15) is 13.2 Å². The van der Waals surface area contributed by atoms with E-state index in [1.165, 1.54) is 6.07 Å². The van der Waals surface area contributed by atoms with Crippen molar-refractivity contribution in [1.82, 2.24) is 4.98 Å². The number of alkyl halides is 3. The Balaban J connectivity index is 2.17. The van der Waals surface area contributed by atoms with Crippen molar-refractivity contribution in [2.24, 2.45) is 0 Å². The molecule has 2 nitrogen and oxygen atoms in total. The van der Waals surface area contributed by atoms with Gasteiger partial charge in [-0.1, -0.05) is 18.2 Å². The highest BCUT2D eigenvalue weighted by molar-refractivity contribution is 8.00. The van der Waals surface area contributed by atoms with Crippen LogP contribution in [0.5, 0.6) is 0 Å². The van der Waals surface area contributed by atoms with Gasteiger partial charge in [0.2, 0.25) is 0 Å². The quantitative estimate of drug-likeness (QED) is 0.815. The standard InChI is InChI=1S/C14H13F3N2S/c1-10(11-5-4-8-18-9-11)19-12-6-2-3-7-13(12)20-14(15,16)17/h2-10,19H,1H3. The molecule has 1 N–H and O–H groups in total. The molecule has 0 saturated heterocycles. The number of pyridine rings is 1. The Bertz CT molecular complexity index is 558. The number of rotatable bonds is 4. The summed E-state index contributed by atoms with van der Waals surface area (Å²) in [7, 11) is 0. The third-order valence-electron chi connectivity index (χ3n) is 2.67. The molecular weight excluding hydrogens is 285 g/mol. The van der Waals surface area contributed by atoms with E-state index >= 15 is 0 Å².